The third kappa shape index (κ3) is 4.39. The van der Waals surface area contributed by atoms with E-state index in [9.17, 15) is 0 Å². The Morgan fingerprint density at radius 3 is 2.65 bits per heavy atom. The van der Waals surface area contributed by atoms with E-state index in [2.05, 4.69) is 46.1 Å². The summed E-state index contributed by atoms with van der Waals surface area (Å²) in [4.78, 5) is 11.3. The van der Waals surface area contributed by atoms with Gasteiger partial charge in [0.1, 0.15) is 5.75 Å². The van der Waals surface area contributed by atoms with Crippen molar-refractivity contribution in [1.82, 2.24) is 4.98 Å². The van der Waals surface area contributed by atoms with Gasteiger partial charge >= 0.3 is 0 Å². The van der Waals surface area contributed by atoms with Crippen LogP contribution in [0.4, 0.5) is 10.8 Å². The van der Waals surface area contributed by atoms with Crippen LogP contribution in [0.1, 0.15) is 12.5 Å². The Morgan fingerprint density at radius 1 is 1.15 bits per heavy atom. The average molecular weight is 369 g/mol. The van der Waals surface area contributed by atoms with Gasteiger partial charge < -0.3 is 14.4 Å². The lowest BCUT2D eigenvalue weighted by Crippen LogP contribution is -2.26. The van der Waals surface area contributed by atoms with Crippen LogP contribution in [0.2, 0.25) is 0 Å². The zero-order valence-electron chi connectivity index (χ0n) is 15.3. The summed E-state index contributed by atoms with van der Waals surface area (Å²) in [5.41, 5.74) is 3.18. The summed E-state index contributed by atoms with van der Waals surface area (Å²) in [5.74, 6) is 0.834. The lowest BCUT2D eigenvalue weighted by molar-refractivity contribution is 0.205. The number of nitrogens with zero attached hydrogens (tertiary/aromatic N) is 3. The fourth-order valence-electron chi connectivity index (χ4n) is 2.65. The monoisotopic (exact) mass is 369 g/mol. The Balaban J connectivity index is 1.72. The lowest BCUT2D eigenvalue weighted by Gasteiger charge is -2.22. The quantitative estimate of drug-likeness (QED) is 0.547. The molecule has 0 aliphatic rings. The minimum Gasteiger partial charge on any atom is -0.497 e. The van der Waals surface area contributed by atoms with Crippen molar-refractivity contribution >= 4 is 38.6 Å². The molecule has 3 rings (SSSR count). The average Bonchev–Trinajstić information content (AvgIpc) is 3.09. The zero-order valence-corrected chi connectivity index (χ0v) is 16.1. The summed E-state index contributed by atoms with van der Waals surface area (Å²) in [7, 11) is 3.39. The summed E-state index contributed by atoms with van der Waals surface area (Å²) in [6, 6.07) is 14.2. The molecule has 2 aromatic carbocycles. The van der Waals surface area contributed by atoms with E-state index < -0.39 is 0 Å². The molecule has 0 unspecified atom stereocenters. The largest absolute Gasteiger partial charge is 0.497 e. The first kappa shape index (κ1) is 18.4. The molecule has 0 aliphatic heterocycles. The number of ether oxygens (including phenoxy) is 2. The molecule has 136 valence electrons. The molecule has 0 radical (unpaired) electrons. The van der Waals surface area contributed by atoms with E-state index >= 15 is 0 Å². The van der Waals surface area contributed by atoms with Crippen molar-refractivity contribution < 1.29 is 9.47 Å². The predicted octanol–water partition coefficient (Wildman–Crippen LogP) is 4.53. The molecule has 0 amide bonds. The fourth-order valence-corrected chi connectivity index (χ4v) is 3.49. The van der Waals surface area contributed by atoms with Crippen molar-refractivity contribution in [1.29, 1.82) is 0 Å². The Kier molecular flexibility index (Phi) is 6.20. The van der Waals surface area contributed by atoms with Gasteiger partial charge in [-0.2, -0.15) is 0 Å². The van der Waals surface area contributed by atoms with Gasteiger partial charge in [-0.3, -0.25) is 0 Å². The van der Waals surface area contributed by atoms with Gasteiger partial charge in [-0.1, -0.05) is 23.5 Å². The maximum atomic E-state index is 5.25. The summed E-state index contributed by atoms with van der Waals surface area (Å²) < 4.78 is 11.5. The SMILES string of the molecule is CCN(CCOC)c1ccc(C=Nc2nc3ccc(OC)cc3s2)cc1. The van der Waals surface area contributed by atoms with Gasteiger partial charge in [0.2, 0.25) is 5.13 Å². The number of likely N-dealkylation sites (N-methyl/N-ethyl adjacent to an activating group) is 1. The molecule has 3 aromatic rings. The van der Waals surface area contributed by atoms with Crippen LogP contribution in [0.15, 0.2) is 47.5 Å². The van der Waals surface area contributed by atoms with E-state index in [0.717, 1.165) is 46.4 Å². The van der Waals surface area contributed by atoms with Crippen LogP contribution in [0.3, 0.4) is 0 Å². The molecule has 1 heterocycles. The molecular formula is C20H23N3O2S. The molecule has 1 aromatic heterocycles. The van der Waals surface area contributed by atoms with Crippen LogP contribution in [-0.4, -0.2) is 45.1 Å². The molecule has 0 spiro atoms. The highest BCUT2D eigenvalue weighted by molar-refractivity contribution is 7.22. The number of fused-ring (bicyclic) bond motifs is 1. The first-order valence-electron chi connectivity index (χ1n) is 8.56. The number of thiazole rings is 1. The normalized spacial score (nSPS) is 11.3. The Morgan fingerprint density at radius 2 is 1.96 bits per heavy atom. The molecule has 0 saturated carbocycles. The van der Waals surface area contributed by atoms with Gasteiger partial charge in [0.15, 0.2) is 0 Å². The van der Waals surface area contributed by atoms with Crippen molar-refractivity contribution in [3.05, 3.63) is 48.0 Å². The third-order valence-corrected chi connectivity index (χ3v) is 5.04. The number of aliphatic imine (C=N–C) groups is 1. The molecule has 0 saturated heterocycles. The number of hydrogen-bond acceptors (Lipinski definition) is 6. The van der Waals surface area contributed by atoms with Crippen LogP contribution in [-0.2, 0) is 4.74 Å². The zero-order chi connectivity index (χ0) is 18.4. The second-order valence-electron chi connectivity index (χ2n) is 5.75. The molecule has 0 aliphatic carbocycles. The first-order chi connectivity index (χ1) is 12.7. The summed E-state index contributed by atoms with van der Waals surface area (Å²) in [6.07, 6.45) is 1.85. The number of anilines is 1. The van der Waals surface area contributed by atoms with E-state index in [1.54, 1.807) is 25.6 Å². The Hall–Kier alpha value is -2.44. The van der Waals surface area contributed by atoms with E-state index in [-0.39, 0.29) is 0 Å². The molecule has 5 nitrogen and oxygen atoms in total. The van der Waals surface area contributed by atoms with Gasteiger partial charge in [-0.15, -0.1) is 0 Å². The first-order valence-corrected chi connectivity index (χ1v) is 9.37. The Bertz CT molecular complexity index is 874. The van der Waals surface area contributed by atoms with Gasteiger partial charge in [-0.25, -0.2) is 9.98 Å². The van der Waals surface area contributed by atoms with Crippen molar-refractivity contribution in [2.45, 2.75) is 6.92 Å². The van der Waals surface area contributed by atoms with Gasteiger partial charge in [0, 0.05) is 32.1 Å². The van der Waals surface area contributed by atoms with Gasteiger partial charge in [0.25, 0.3) is 0 Å². The number of aromatic nitrogens is 1. The molecule has 0 fully saturated rings. The second-order valence-corrected chi connectivity index (χ2v) is 6.76. The molecule has 0 N–H and O–H groups in total. The molecule has 0 atom stereocenters. The maximum absolute atomic E-state index is 5.25. The van der Waals surface area contributed by atoms with Crippen LogP contribution < -0.4 is 9.64 Å². The van der Waals surface area contributed by atoms with Crippen LogP contribution in [0.25, 0.3) is 10.2 Å². The minimum absolute atomic E-state index is 0.722. The van der Waals surface area contributed by atoms with E-state index in [1.807, 2.05) is 24.4 Å². The second kappa shape index (κ2) is 8.78. The van der Waals surface area contributed by atoms with Crippen LogP contribution in [0, 0.1) is 0 Å². The molecule has 0 bridgehead atoms. The number of benzene rings is 2. The fraction of sp³-hybridized carbons (Fsp3) is 0.300. The number of hydrogen-bond donors (Lipinski definition) is 0. The lowest BCUT2D eigenvalue weighted by atomic mass is 10.2. The maximum Gasteiger partial charge on any atom is 0.210 e. The third-order valence-electron chi connectivity index (χ3n) is 4.11. The highest BCUT2D eigenvalue weighted by Crippen LogP contribution is 2.30. The minimum atomic E-state index is 0.722. The predicted molar refractivity (Wildman–Crippen MR) is 110 cm³/mol. The van der Waals surface area contributed by atoms with E-state index in [1.165, 1.54) is 5.69 Å². The molecule has 6 heteroatoms. The van der Waals surface area contributed by atoms with Crippen molar-refractivity contribution in [3.63, 3.8) is 0 Å². The van der Waals surface area contributed by atoms with Crippen LogP contribution in [0.5, 0.6) is 5.75 Å². The highest BCUT2D eigenvalue weighted by Gasteiger charge is 2.05. The van der Waals surface area contributed by atoms with Crippen molar-refractivity contribution in [3.8, 4) is 5.75 Å². The standard InChI is InChI=1S/C20H23N3O2S/c1-4-23(11-12-24-2)16-7-5-15(6-8-16)14-21-20-22-18-10-9-17(25-3)13-19(18)26-20/h5-10,13-14H,4,11-12H2,1-3H3. The van der Waals surface area contributed by atoms with Crippen molar-refractivity contribution in [2.24, 2.45) is 4.99 Å². The van der Waals surface area contributed by atoms with E-state index in [0.29, 0.717) is 0 Å². The topological polar surface area (TPSA) is 47.0 Å². The summed E-state index contributed by atoms with van der Waals surface area (Å²) in [5, 5.41) is 0.743. The smallest absolute Gasteiger partial charge is 0.210 e. The van der Waals surface area contributed by atoms with Crippen LogP contribution >= 0.6 is 11.3 Å². The highest BCUT2D eigenvalue weighted by atomic mass is 32.1. The van der Waals surface area contributed by atoms with Gasteiger partial charge in [-0.05, 0) is 42.8 Å². The summed E-state index contributed by atoms with van der Waals surface area (Å²) >= 11 is 1.56. The summed E-state index contributed by atoms with van der Waals surface area (Å²) in [6.45, 7) is 4.70. The van der Waals surface area contributed by atoms with Gasteiger partial charge in [0.05, 0.1) is 23.9 Å². The number of rotatable bonds is 8. The molecular weight excluding hydrogens is 346 g/mol. The Labute approximate surface area is 157 Å². The van der Waals surface area contributed by atoms with Crippen molar-refractivity contribution in [2.75, 3.05) is 38.8 Å². The number of methoxy groups -OCH3 is 2. The van der Waals surface area contributed by atoms with E-state index in [4.69, 9.17) is 9.47 Å². The molecule has 26 heavy (non-hydrogen) atoms.